The monoisotopic (exact) mass is 360 g/mol. The summed E-state index contributed by atoms with van der Waals surface area (Å²) < 4.78 is 22.3. The van der Waals surface area contributed by atoms with Gasteiger partial charge in [-0.3, -0.25) is 0 Å². The highest BCUT2D eigenvalue weighted by Crippen LogP contribution is 2.29. The molecule has 1 aromatic heterocycles. The van der Waals surface area contributed by atoms with E-state index in [2.05, 4.69) is 23.5 Å². The van der Waals surface area contributed by atoms with Crippen molar-refractivity contribution in [2.45, 2.75) is 58.9 Å². The van der Waals surface area contributed by atoms with Gasteiger partial charge in [-0.25, -0.2) is 0 Å². The molecule has 2 heterocycles. The molecule has 0 spiro atoms. The number of aryl methyl sites for hydroxylation is 2. The number of methoxy groups -OCH3 is 1. The lowest BCUT2D eigenvalue weighted by Gasteiger charge is -2.20. The minimum Gasteiger partial charge on any atom is -0.493 e. The standard InChI is InChI=1S/C20H28N2O4/c1-13-17(15(3)26-22-13)12-25-19-8-7-16(10-20(19)23-4)11-21-14(2)18-6-5-9-24-18/h7-8,10,14,18,21H,5-6,9,11-12H2,1-4H3/t14-,18-/m0/s1. The summed E-state index contributed by atoms with van der Waals surface area (Å²) >= 11 is 0. The Hall–Kier alpha value is -2.05. The van der Waals surface area contributed by atoms with Crippen LogP contribution in [0.15, 0.2) is 22.7 Å². The molecule has 0 saturated carbocycles. The van der Waals surface area contributed by atoms with Crippen molar-refractivity contribution >= 4 is 0 Å². The van der Waals surface area contributed by atoms with Gasteiger partial charge < -0.3 is 24.1 Å². The van der Waals surface area contributed by atoms with Crippen LogP contribution in [0.2, 0.25) is 0 Å². The van der Waals surface area contributed by atoms with Crippen molar-refractivity contribution in [1.82, 2.24) is 10.5 Å². The smallest absolute Gasteiger partial charge is 0.161 e. The molecule has 0 amide bonds. The van der Waals surface area contributed by atoms with Gasteiger partial charge >= 0.3 is 0 Å². The number of aromatic nitrogens is 1. The molecule has 1 N–H and O–H groups in total. The number of nitrogens with zero attached hydrogens (tertiary/aromatic N) is 1. The average Bonchev–Trinajstić information content (AvgIpc) is 3.29. The fourth-order valence-corrected chi connectivity index (χ4v) is 3.21. The number of hydrogen-bond donors (Lipinski definition) is 1. The number of nitrogens with one attached hydrogen (secondary N) is 1. The van der Waals surface area contributed by atoms with Crippen molar-refractivity contribution in [2.75, 3.05) is 13.7 Å². The fourth-order valence-electron chi connectivity index (χ4n) is 3.21. The van der Waals surface area contributed by atoms with Crippen LogP contribution in [-0.2, 0) is 17.9 Å². The summed E-state index contributed by atoms with van der Waals surface area (Å²) in [6.45, 7) is 8.03. The summed E-state index contributed by atoms with van der Waals surface area (Å²) in [5, 5.41) is 7.49. The van der Waals surface area contributed by atoms with E-state index in [0.29, 0.717) is 24.5 Å². The van der Waals surface area contributed by atoms with E-state index in [9.17, 15) is 0 Å². The fraction of sp³-hybridized carbons (Fsp3) is 0.550. The number of benzene rings is 1. The maximum atomic E-state index is 5.93. The maximum absolute atomic E-state index is 5.93. The Labute approximate surface area is 154 Å². The SMILES string of the molecule is COc1cc(CN[C@@H](C)[C@@H]2CCCO2)ccc1OCc1c(C)noc1C. The van der Waals surface area contributed by atoms with Gasteiger partial charge in [-0.05, 0) is 51.3 Å². The van der Waals surface area contributed by atoms with Crippen LogP contribution in [0.4, 0.5) is 0 Å². The summed E-state index contributed by atoms with van der Waals surface area (Å²) in [5.74, 6) is 2.22. The van der Waals surface area contributed by atoms with Crippen molar-refractivity contribution in [3.63, 3.8) is 0 Å². The number of ether oxygens (including phenoxy) is 3. The second-order valence-electron chi connectivity index (χ2n) is 6.80. The average molecular weight is 360 g/mol. The molecule has 6 heteroatoms. The Morgan fingerprint density at radius 2 is 2.15 bits per heavy atom. The van der Waals surface area contributed by atoms with E-state index in [1.165, 1.54) is 0 Å². The topological polar surface area (TPSA) is 65.8 Å². The van der Waals surface area contributed by atoms with Crippen molar-refractivity contribution in [3.05, 3.63) is 40.8 Å². The van der Waals surface area contributed by atoms with Gasteiger partial charge in [0.1, 0.15) is 12.4 Å². The molecule has 1 aliphatic heterocycles. The van der Waals surface area contributed by atoms with Gasteiger partial charge in [0.25, 0.3) is 0 Å². The molecule has 1 fully saturated rings. The van der Waals surface area contributed by atoms with Gasteiger partial charge in [0, 0.05) is 19.2 Å². The van der Waals surface area contributed by atoms with Crippen LogP contribution < -0.4 is 14.8 Å². The molecule has 142 valence electrons. The van der Waals surface area contributed by atoms with Crippen LogP contribution in [0, 0.1) is 13.8 Å². The molecular weight excluding hydrogens is 332 g/mol. The highest BCUT2D eigenvalue weighted by atomic mass is 16.5. The van der Waals surface area contributed by atoms with Gasteiger partial charge in [0.05, 0.1) is 24.5 Å². The Bertz CT molecular complexity index is 703. The molecule has 0 radical (unpaired) electrons. The third-order valence-electron chi connectivity index (χ3n) is 4.93. The number of rotatable bonds is 8. The zero-order valence-electron chi connectivity index (χ0n) is 16.0. The normalized spacial score (nSPS) is 18.1. The highest BCUT2D eigenvalue weighted by molar-refractivity contribution is 5.43. The molecule has 0 aliphatic carbocycles. The van der Waals surface area contributed by atoms with Crippen LogP contribution in [0.25, 0.3) is 0 Å². The van der Waals surface area contributed by atoms with Crippen LogP contribution >= 0.6 is 0 Å². The Morgan fingerprint density at radius 3 is 2.81 bits per heavy atom. The lowest BCUT2D eigenvalue weighted by molar-refractivity contribution is 0.0832. The van der Waals surface area contributed by atoms with Gasteiger partial charge in [-0.1, -0.05) is 11.2 Å². The molecule has 2 atom stereocenters. The predicted octanol–water partition coefficient (Wildman–Crippen LogP) is 3.54. The second kappa shape index (κ2) is 8.56. The third-order valence-corrected chi connectivity index (χ3v) is 4.93. The molecule has 26 heavy (non-hydrogen) atoms. The van der Waals surface area contributed by atoms with E-state index in [4.69, 9.17) is 18.7 Å². The highest BCUT2D eigenvalue weighted by Gasteiger charge is 2.21. The first-order valence-electron chi connectivity index (χ1n) is 9.15. The van der Waals surface area contributed by atoms with Crippen LogP contribution in [-0.4, -0.2) is 31.0 Å². The van der Waals surface area contributed by atoms with Gasteiger partial charge in [0.15, 0.2) is 11.5 Å². The van der Waals surface area contributed by atoms with Crippen molar-refractivity contribution in [2.24, 2.45) is 0 Å². The summed E-state index contributed by atoms with van der Waals surface area (Å²) in [6.07, 6.45) is 2.60. The van der Waals surface area contributed by atoms with E-state index in [-0.39, 0.29) is 0 Å². The molecule has 0 unspecified atom stereocenters. The van der Waals surface area contributed by atoms with E-state index in [1.807, 2.05) is 26.0 Å². The summed E-state index contributed by atoms with van der Waals surface area (Å²) in [6, 6.07) is 6.35. The first-order chi connectivity index (χ1) is 12.6. The summed E-state index contributed by atoms with van der Waals surface area (Å²) in [4.78, 5) is 0. The first-order valence-corrected chi connectivity index (χ1v) is 9.15. The largest absolute Gasteiger partial charge is 0.493 e. The molecular formula is C20H28N2O4. The first kappa shape index (κ1) is 18.7. The minimum absolute atomic E-state index is 0.314. The molecule has 1 saturated heterocycles. The van der Waals surface area contributed by atoms with Gasteiger partial charge in [-0.15, -0.1) is 0 Å². The second-order valence-corrected chi connectivity index (χ2v) is 6.80. The molecule has 1 aliphatic rings. The summed E-state index contributed by atoms with van der Waals surface area (Å²) in [7, 11) is 1.66. The van der Waals surface area contributed by atoms with E-state index in [0.717, 1.165) is 54.3 Å². The zero-order valence-corrected chi connectivity index (χ0v) is 16.0. The van der Waals surface area contributed by atoms with E-state index >= 15 is 0 Å². The third kappa shape index (κ3) is 4.37. The van der Waals surface area contributed by atoms with Crippen molar-refractivity contribution in [1.29, 1.82) is 0 Å². The predicted molar refractivity (Wildman–Crippen MR) is 98.6 cm³/mol. The molecule has 2 aromatic rings. The Kier molecular flexibility index (Phi) is 6.16. The molecule has 1 aromatic carbocycles. The Morgan fingerprint density at radius 1 is 1.31 bits per heavy atom. The molecule has 6 nitrogen and oxygen atoms in total. The lowest BCUT2D eigenvalue weighted by Crippen LogP contribution is -2.36. The Balaban J connectivity index is 1.60. The van der Waals surface area contributed by atoms with Crippen LogP contribution in [0.5, 0.6) is 11.5 Å². The van der Waals surface area contributed by atoms with Crippen molar-refractivity contribution < 1.29 is 18.7 Å². The van der Waals surface area contributed by atoms with E-state index in [1.54, 1.807) is 7.11 Å². The maximum Gasteiger partial charge on any atom is 0.161 e. The summed E-state index contributed by atoms with van der Waals surface area (Å²) in [5.41, 5.74) is 2.98. The van der Waals surface area contributed by atoms with Crippen LogP contribution in [0.1, 0.15) is 42.3 Å². The lowest BCUT2D eigenvalue weighted by atomic mass is 10.1. The van der Waals surface area contributed by atoms with E-state index < -0.39 is 0 Å². The van der Waals surface area contributed by atoms with Crippen molar-refractivity contribution in [3.8, 4) is 11.5 Å². The molecule has 0 bridgehead atoms. The quantitative estimate of drug-likeness (QED) is 0.777. The zero-order chi connectivity index (χ0) is 18.5. The van der Waals surface area contributed by atoms with Crippen LogP contribution in [0.3, 0.4) is 0 Å². The minimum atomic E-state index is 0.314. The van der Waals surface area contributed by atoms with Gasteiger partial charge in [-0.2, -0.15) is 0 Å². The van der Waals surface area contributed by atoms with Gasteiger partial charge in [0.2, 0.25) is 0 Å². The molecule has 3 rings (SSSR count). The number of hydrogen-bond acceptors (Lipinski definition) is 6.